The van der Waals surface area contributed by atoms with Crippen LogP contribution in [0.25, 0.3) is 5.57 Å². The third-order valence-corrected chi connectivity index (χ3v) is 8.72. The van der Waals surface area contributed by atoms with E-state index in [0.29, 0.717) is 22.5 Å². The highest BCUT2D eigenvalue weighted by Crippen LogP contribution is 2.63. The van der Waals surface area contributed by atoms with Crippen molar-refractivity contribution in [1.82, 2.24) is 4.72 Å². The molecule has 158 valence electrons. The third-order valence-electron chi connectivity index (χ3n) is 7.53. The number of benzene rings is 2. The van der Waals surface area contributed by atoms with Crippen LogP contribution in [0.3, 0.4) is 0 Å². The third kappa shape index (κ3) is 2.90. The Balaban J connectivity index is 1.85. The smallest absolute Gasteiger partial charge is 0.195 e. The Bertz CT molecular complexity index is 1160. The summed E-state index contributed by atoms with van der Waals surface area (Å²) in [4.78, 5) is 27.4. The molecule has 1 unspecified atom stereocenters. The average molecular weight is 432 g/mol. The van der Waals surface area contributed by atoms with Crippen molar-refractivity contribution in [1.29, 1.82) is 0 Å². The van der Waals surface area contributed by atoms with Crippen molar-refractivity contribution in [2.24, 2.45) is 16.7 Å². The first kappa shape index (κ1) is 20.1. The molecule has 2 aliphatic carbocycles. The zero-order valence-electron chi connectivity index (χ0n) is 17.7. The van der Waals surface area contributed by atoms with Gasteiger partial charge in [0.2, 0.25) is 0 Å². The maximum Gasteiger partial charge on any atom is 0.195 e. The van der Waals surface area contributed by atoms with E-state index < -0.39 is 21.8 Å². The van der Waals surface area contributed by atoms with Crippen molar-refractivity contribution < 1.29 is 13.8 Å². The minimum atomic E-state index is -1.29. The van der Waals surface area contributed by atoms with E-state index in [4.69, 9.17) is 0 Å². The van der Waals surface area contributed by atoms with Gasteiger partial charge in [-0.1, -0.05) is 74.5 Å². The molecule has 0 radical (unpaired) electrons. The summed E-state index contributed by atoms with van der Waals surface area (Å²) in [6.07, 6.45) is 3.13. The predicted octanol–water partition coefficient (Wildman–Crippen LogP) is 4.48. The van der Waals surface area contributed by atoms with E-state index in [-0.39, 0.29) is 17.5 Å². The van der Waals surface area contributed by atoms with Crippen molar-refractivity contribution >= 4 is 28.1 Å². The molecule has 1 saturated carbocycles. The highest BCUT2D eigenvalue weighted by molar-refractivity contribution is 7.83. The molecule has 1 aliphatic heterocycles. The van der Waals surface area contributed by atoms with Crippen LogP contribution in [0.4, 0.5) is 0 Å². The minimum absolute atomic E-state index is 0.0517. The van der Waals surface area contributed by atoms with E-state index in [1.54, 1.807) is 18.2 Å². The summed E-state index contributed by atoms with van der Waals surface area (Å²) in [5.74, 6) is 0.167. The van der Waals surface area contributed by atoms with E-state index in [1.165, 1.54) is 0 Å². The number of fused-ring (bicyclic) bond motifs is 1. The Kier molecular flexibility index (Phi) is 4.63. The number of nitrogens with one attached hydrogen (secondary N) is 1. The summed E-state index contributed by atoms with van der Waals surface area (Å²) < 4.78 is 16.1. The van der Waals surface area contributed by atoms with E-state index in [0.717, 1.165) is 24.1 Å². The maximum absolute atomic E-state index is 13.9. The number of carbonyl (C=O) groups excluding carboxylic acids is 2. The lowest BCUT2D eigenvalue weighted by Gasteiger charge is -2.42. The predicted molar refractivity (Wildman–Crippen MR) is 122 cm³/mol. The fraction of sp³-hybridized carbons (Fsp3) is 0.308. The molecule has 2 bridgehead atoms. The summed E-state index contributed by atoms with van der Waals surface area (Å²) in [5, 5.41) is 0. The van der Waals surface area contributed by atoms with Crippen LogP contribution >= 0.6 is 0 Å². The van der Waals surface area contributed by atoms with Gasteiger partial charge < -0.3 is 4.72 Å². The Labute approximate surface area is 185 Å². The van der Waals surface area contributed by atoms with Crippen LogP contribution in [0.1, 0.15) is 42.6 Å². The Hall–Kier alpha value is -2.79. The molecule has 3 atom stereocenters. The number of hydrogen-bond donors (Lipinski definition) is 1. The molecule has 5 rings (SSSR count). The van der Waals surface area contributed by atoms with Gasteiger partial charge in [0.05, 0.1) is 11.3 Å². The van der Waals surface area contributed by atoms with Gasteiger partial charge in [-0.25, -0.2) is 4.21 Å². The Morgan fingerprint density at radius 1 is 1.03 bits per heavy atom. The molecule has 0 amide bonds. The maximum atomic E-state index is 13.9. The van der Waals surface area contributed by atoms with Crippen LogP contribution in [-0.4, -0.2) is 21.5 Å². The number of rotatable bonds is 3. The second kappa shape index (κ2) is 7.13. The van der Waals surface area contributed by atoms with Crippen molar-refractivity contribution in [3.63, 3.8) is 0 Å². The monoisotopic (exact) mass is 431 g/mol. The van der Waals surface area contributed by atoms with Crippen LogP contribution in [0.5, 0.6) is 0 Å². The number of Topliss-reactive ketones (excluding diaryl/α,β-unsaturated/α-hetero) is 1. The molecule has 3 aliphatic rings. The number of ketones is 2. The first-order chi connectivity index (χ1) is 14.8. The highest BCUT2D eigenvalue weighted by atomic mass is 32.2. The van der Waals surface area contributed by atoms with Crippen molar-refractivity contribution in [2.75, 3.05) is 5.75 Å². The average Bonchev–Trinajstić information content (AvgIpc) is 3.25. The van der Waals surface area contributed by atoms with Gasteiger partial charge in [-0.15, -0.1) is 0 Å². The van der Waals surface area contributed by atoms with E-state index in [2.05, 4.69) is 18.6 Å². The lowest BCUT2D eigenvalue weighted by Crippen LogP contribution is -2.43. The number of allylic oxidation sites excluding steroid dienone is 4. The zero-order chi connectivity index (χ0) is 21.8. The lowest BCUT2D eigenvalue weighted by atomic mass is 9.60. The van der Waals surface area contributed by atoms with Crippen LogP contribution in [-0.2, 0) is 15.8 Å². The van der Waals surface area contributed by atoms with Crippen LogP contribution in [0.2, 0.25) is 0 Å². The molecular formula is C26H25NO3S. The standard InChI is InChI=1S/C26H25NO3S/c1-25(2)20-13-14-26(25)16-31(30)27-24(26)22(23(29)18-11-7-4-8-12-18)19(15-21(20)28)17-9-5-3-6-10-17/h3-12,15,20,27H,13-14,16H2,1-2H3/b19-15-,24-22-/t20-,26-,31?/m0/s1. The molecule has 5 heteroatoms. The first-order valence-corrected chi connectivity index (χ1v) is 12.0. The Morgan fingerprint density at radius 3 is 2.35 bits per heavy atom. The van der Waals surface area contributed by atoms with Gasteiger partial charge in [-0.05, 0) is 35.5 Å². The second-order valence-electron chi connectivity index (χ2n) is 9.26. The van der Waals surface area contributed by atoms with Gasteiger partial charge in [-0.2, -0.15) is 0 Å². The minimum Gasteiger partial charge on any atom is -0.308 e. The van der Waals surface area contributed by atoms with Gasteiger partial charge in [0.1, 0.15) is 11.0 Å². The Morgan fingerprint density at radius 2 is 1.68 bits per heavy atom. The topological polar surface area (TPSA) is 63.2 Å². The summed E-state index contributed by atoms with van der Waals surface area (Å²) in [6, 6.07) is 18.7. The van der Waals surface area contributed by atoms with Crippen LogP contribution < -0.4 is 4.72 Å². The lowest BCUT2D eigenvalue weighted by molar-refractivity contribution is -0.121. The first-order valence-electron chi connectivity index (χ1n) is 10.7. The van der Waals surface area contributed by atoms with Crippen molar-refractivity contribution in [3.05, 3.63) is 89.1 Å². The molecular weight excluding hydrogens is 406 g/mol. The van der Waals surface area contributed by atoms with Gasteiger partial charge in [0.15, 0.2) is 11.6 Å². The van der Waals surface area contributed by atoms with Gasteiger partial charge in [0.25, 0.3) is 0 Å². The largest absolute Gasteiger partial charge is 0.308 e. The quantitative estimate of drug-likeness (QED) is 0.729. The zero-order valence-corrected chi connectivity index (χ0v) is 18.5. The van der Waals surface area contributed by atoms with Crippen molar-refractivity contribution in [3.8, 4) is 0 Å². The molecule has 0 aromatic heterocycles. The second-order valence-corrected chi connectivity index (χ2v) is 10.4. The van der Waals surface area contributed by atoms with E-state index >= 15 is 0 Å². The van der Waals surface area contributed by atoms with Gasteiger partial charge in [0, 0.05) is 22.6 Å². The fourth-order valence-corrected chi connectivity index (χ4v) is 7.41. The molecule has 1 spiro atoms. The van der Waals surface area contributed by atoms with Crippen LogP contribution in [0.15, 0.2) is 78.0 Å². The summed E-state index contributed by atoms with van der Waals surface area (Å²) in [6.45, 7) is 4.19. The summed E-state index contributed by atoms with van der Waals surface area (Å²) >= 11 is 0. The van der Waals surface area contributed by atoms with Gasteiger partial charge in [-0.3, -0.25) is 9.59 Å². The van der Waals surface area contributed by atoms with Crippen LogP contribution in [0, 0.1) is 16.7 Å². The molecule has 31 heavy (non-hydrogen) atoms. The number of carbonyl (C=O) groups is 2. The van der Waals surface area contributed by atoms with Gasteiger partial charge >= 0.3 is 0 Å². The highest BCUT2D eigenvalue weighted by Gasteiger charge is 2.63. The van der Waals surface area contributed by atoms with Crippen molar-refractivity contribution in [2.45, 2.75) is 26.7 Å². The normalized spacial score (nSPS) is 33.0. The molecule has 4 nitrogen and oxygen atoms in total. The summed E-state index contributed by atoms with van der Waals surface area (Å²) in [5.41, 5.74) is 2.32. The molecule has 1 heterocycles. The molecule has 2 aromatic rings. The molecule has 2 fully saturated rings. The van der Waals surface area contributed by atoms with E-state index in [1.807, 2.05) is 48.5 Å². The molecule has 1 saturated heterocycles. The molecule has 1 N–H and O–H groups in total. The SMILES string of the molecule is CC1(C)[C@H]2CC[C@@]13CS(=O)N/C3=C(C(=O)c1ccccc1)/C(c1ccccc1)=C\C2=O. The van der Waals surface area contributed by atoms with E-state index in [9.17, 15) is 13.8 Å². The summed E-state index contributed by atoms with van der Waals surface area (Å²) in [7, 11) is -1.29. The number of hydrogen-bond acceptors (Lipinski definition) is 3. The fourth-order valence-electron chi connectivity index (χ4n) is 5.71. The molecule has 2 aromatic carbocycles.